The van der Waals surface area contributed by atoms with E-state index in [1.165, 1.54) is 0 Å². The van der Waals surface area contributed by atoms with E-state index in [9.17, 15) is 0 Å². The van der Waals surface area contributed by atoms with E-state index in [0.29, 0.717) is 12.0 Å². The fourth-order valence-corrected chi connectivity index (χ4v) is 3.30. The SMILES string of the molecule is CCC1(COCC2(CC)COC2CC2COC2)COC1. The zero-order valence-electron chi connectivity index (χ0n) is 12.9. The summed E-state index contributed by atoms with van der Waals surface area (Å²) in [6.45, 7) is 10.6. The second-order valence-corrected chi connectivity index (χ2v) is 6.99. The molecule has 0 bridgehead atoms. The third-order valence-corrected chi connectivity index (χ3v) is 5.58. The van der Waals surface area contributed by atoms with E-state index in [4.69, 9.17) is 18.9 Å². The highest BCUT2D eigenvalue weighted by Crippen LogP contribution is 2.43. The van der Waals surface area contributed by atoms with Crippen LogP contribution in [-0.2, 0) is 18.9 Å². The average Bonchev–Trinajstić information content (AvgIpc) is 2.34. The molecule has 3 fully saturated rings. The predicted octanol–water partition coefficient (Wildman–Crippen LogP) is 2.26. The molecule has 0 aliphatic carbocycles. The molecular formula is C16H28O4. The molecule has 4 heteroatoms. The molecule has 3 rings (SSSR count). The summed E-state index contributed by atoms with van der Waals surface area (Å²) < 4.78 is 22.6. The minimum absolute atomic E-state index is 0.245. The number of hydrogen-bond acceptors (Lipinski definition) is 4. The Morgan fingerprint density at radius 1 is 1.00 bits per heavy atom. The summed E-state index contributed by atoms with van der Waals surface area (Å²) in [6, 6.07) is 0. The van der Waals surface area contributed by atoms with E-state index in [0.717, 1.165) is 65.5 Å². The van der Waals surface area contributed by atoms with Gasteiger partial charge in [0.1, 0.15) is 0 Å². The zero-order valence-corrected chi connectivity index (χ0v) is 12.9. The van der Waals surface area contributed by atoms with Gasteiger partial charge in [-0.2, -0.15) is 0 Å². The Morgan fingerprint density at radius 2 is 1.80 bits per heavy atom. The number of ether oxygens (including phenoxy) is 4. The van der Waals surface area contributed by atoms with E-state index in [2.05, 4.69) is 13.8 Å². The second kappa shape index (κ2) is 5.91. The van der Waals surface area contributed by atoms with Crippen LogP contribution in [-0.4, -0.2) is 52.4 Å². The van der Waals surface area contributed by atoms with Gasteiger partial charge in [-0.1, -0.05) is 13.8 Å². The largest absolute Gasteiger partial charge is 0.381 e. The quantitative estimate of drug-likeness (QED) is 0.685. The lowest BCUT2D eigenvalue weighted by molar-refractivity contribution is -0.238. The van der Waals surface area contributed by atoms with Crippen molar-refractivity contribution < 1.29 is 18.9 Å². The van der Waals surface area contributed by atoms with E-state index >= 15 is 0 Å². The lowest BCUT2D eigenvalue weighted by atomic mass is 9.73. The van der Waals surface area contributed by atoms with Gasteiger partial charge < -0.3 is 18.9 Å². The van der Waals surface area contributed by atoms with Crippen LogP contribution in [0.1, 0.15) is 33.1 Å². The summed E-state index contributed by atoms with van der Waals surface area (Å²) >= 11 is 0. The molecule has 0 aromatic heterocycles. The Hall–Kier alpha value is -0.160. The second-order valence-electron chi connectivity index (χ2n) is 6.99. The van der Waals surface area contributed by atoms with Crippen LogP contribution >= 0.6 is 0 Å². The Labute approximate surface area is 122 Å². The molecule has 2 atom stereocenters. The van der Waals surface area contributed by atoms with Crippen molar-refractivity contribution in [2.75, 3.05) is 46.2 Å². The van der Waals surface area contributed by atoms with Crippen molar-refractivity contribution in [3.05, 3.63) is 0 Å². The third kappa shape index (κ3) is 2.63. The molecule has 3 aliphatic rings. The van der Waals surface area contributed by atoms with Crippen LogP contribution in [0.25, 0.3) is 0 Å². The van der Waals surface area contributed by atoms with Gasteiger partial charge in [0, 0.05) is 16.7 Å². The van der Waals surface area contributed by atoms with Crippen molar-refractivity contribution in [3.63, 3.8) is 0 Å². The van der Waals surface area contributed by atoms with Gasteiger partial charge in [0.05, 0.1) is 52.4 Å². The molecule has 0 saturated carbocycles. The highest BCUT2D eigenvalue weighted by molar-refractivity contribution is 4.96. The maximum Gasteiger partial charge on any atom is 0.0680 e. The normalized spacial score (nSPS) is 36.0. The molecule has 0 radical (unpaired) electrons. The number of rotatable bonds is 8. The summed E-state index contributed by atoms with van der Waals surface area (Å²) in [7, 11) is 0. The van der Waals surface area contributed by atoms with Crippen LogP contribution in [0.4, 0.5) is 0 Å². The van der Waals surface area contributed by atoms with Crippen LogP contribution in [0, 0.1) is 16.7 Å². The topological polar surface area (TPSA) is 36.9 Å². The fourth-order valence-electron chi connectivity index (χ4n) is 3.30. The standard InChI is InChI=1S/C16H28O4/c1-3-15(8-18-9-15)10-19-11-16(4-2)12-20-14(16)5-13-6-17-7-13/h13-14H,3-12H2,1-2H3. The van der Waals surface area contributed by atoms with Gasteiger partial charge in [-0.15, -0.1) is 0 Å². The molecule has 0 aromatic rings. The molecule has 4 nitrogen and oxygen atoms in total. The smallest absolute Gasteiger partial charge is 0.0680 e. The van der Waals surface area contributed by atoms with Crippen LogP contribution in [0.15, 0.2) is 0 Å². The Balaban J connectivity index is 1.46. The van der Waals surface area contributed by atoms with Crippen LogP contribution < -0.4 is 0 Å². The first-order valence-corrected chi connectivity index (χ1v) is 8.07. The Morgan fingerprint density at radius 3 is 2.20 bits per heavy atom. The maximum atomic E-state index is 6.10. The highest BCUT2D eigenvalue weighted by atomic mass is 16.5. The molecule has 2 unspecified atom stereocenters. The lowest BCUT2D eigenvalue weighted by Crippen LogP contribution is -2.57. The first kappa shape index (κ1) is 14.8. The summed E-state index contributed by atoms with van der Waals surface area (Å²) in [6.07, 6.45) is 3.79. The van der Waals surface area contributed by atoms with Gasteiger partial charge in [0.2, 0.25) is 0 Å². The molecule has 116 valence electrons. The molecule has 0 spiro atoms. The molecule has 3 saturated heterocycles. The fraction of sp³-hybridized carbons (Fsp3) is 1.00. The molecule has 0 amide bonds. The maximum absolute atomic E-state index is 6.10. The van der Waals surface area contributed by atoms with E-state index < -0.39 is 0 Å². The highest BCUT2D eigenvalue weighted by Gasteiger charge is 2.49. The summed E-state index contributed by atoms with van der Waals surface area (Å²) in [5.41, 5.74) is 0.534. The summed E-state index contributed by atoms with van der Waals surface area (Å²) in [4.78, 5) is 0. The van der Waals surface area contributed by atoms with Crippen LogP contribution in [0.5, 0.6) is 0 Å². The third-order valence-electron chi connectivity index (χ3n) is 5.58. The van der Waals surface area contributed by atoms with Gasteiger partial charge >= 0.3 is 0 Å². The van der Waals surface area contributed by atoms with Crippen LogP contribution in [0.2, 0.25) is 0 Å². The molecule has 20 heavy (non-hydrogen) atoms. The molecule has 0 aromatic carbocycles. The predicted molar refractivity (Wildman–Crippen MR) is 75.8 cm³/mol. The lowest BCUT2D eigenvalue weighted by Gasteiger charge is -2.51. The number of hydrogen-bond donors (Lipinski definition) is 0. The van der Waals surface area contributed by atoms with E-state index in [-0.39, 0.29) is 10.8 Å². The Bertz CT molecular complexity index is 315. The molecule has 3 heterocycles. The van der Waals surface area contributed by atoms with Gasteiger partial charge in [-0.3, -0.25) is 0 Å². The molecule has 3 aliphatic heterocycles. The first-order valence-electron chi connectivity index (χ1n) is 8.07. The van der Waals surface area contributed by atoms with Crippen molar-refractivity contribution in [1.29, 1.82) is 0 Å². The molecular weight excluding hydrogens is 256 g/mol. The van der Waals surface area contributed by atoms with Gasteiger partial charge in [0.25, 0.3) is 0 Å². The minimum Gasteiger partial charge on any atom is -0.381 e. The van der Waals surface area contributed by atoms with E-state index in [1.807, 2.05) is 0 Å². The van der Waals surface area contributed by atoms with Crippen molar-refractivity contribution >= 4 is 0 Å². The van der Waals surface area contributed by atoms with E-state index in [1.54, 1.807) is 0 Å². The van der Waals surface area contributed by atoms with Gasteiger partial charge in [0.15, 0.2) is 0 Å². The van der Waals surface area contributed by atoms with Crippen molar-refractivity contribution in [2.45, 2.75) is 39.2 Å². The Kier molecular flexibility index (Phi) is 4.37. The van der Waals surface area contributed by atoms with Crippen molar-refractivity contribution in [1.82, 2.24) is 0 Å². The monoisotopic (exact) mass is 284 g/mol. The molecule has 0 N–H and O–H groups in total. The first-order chi connectivity index (χ1) is 9.72. The van der Waals surface area contributed by atoms with Gasteiger partial charge in [-0.25, -0.2) is 0 Å². The average molecular weight is 284 g/mol. The minimum atomic E-state index is 0.245. The van der Waals surface area contributed by atoms with Crippen LogP contribution in [0.3, 0.4) is 0 Å². The summed E-state index contributed by atoms with van der Waals surface area (Å²) in [5.74, 6) is 0.702. The van der Waals surface area contributed by atoms with Crippen molar-refractivity contribution in [3.8, 4) is 0 Å². The van der Waals surface area contributed by atoms with Gasteiger partial charge in [-0.05, 0) is 19.3 Å². The summed E-state index contributed by atoms with van der Waals surface area (Å²) in [5, 5.41) is 0. The zero-order chi connectivity index (χ0) is 14.1. The van der Waals surface area contributed by atoms with Crippen molar-refractivity contribution in [2.24, 2.45) is 16.7 Å².